The normalized spacial score (nSPS) is 16.4. The van der Waals surface area contributed by atoms with Gasteiger partial charge in [0, 0.05) is 36.1 Å². The van der Waals surface area contributed by atoms with Crippen molar-refractivity contribution in [3.63, 3.8) is 0 Å². The summed E-state index contributed by atoms with van der Waals surface area (Å²) in [5.74, 6) is 2.52. The molecule has 1 N–H and O–H groups in total. The summed E-state index contributed by atoms with van der Waals surface area (Å²) in [4.78, 5) is 20.5. The molecule has 34 heavy (non-hydrogen) atoms. The van der Waals surface area contributed by atoms with Crippen LogP contribution in [-0.2, 0) is 0 Å². The largest absolute Gasteiger partial charge is 0.324 e. The van der Waals surface area contributed by atoms with Gasteiger partial charge in [-0.25, -0.2) is 15.0 Å². The summed E-state index contributed by atoms with van der Waals surface area (Å²) >= 11 is 0. The highest BCUT2D eigenvalue weighted by molar-refractivity contribution is 5.80. The Balaban J connectivity index is 1.32. The summed E-state index contributed by atoms with van der Waals surface area (Å²) in [6.07, 6.45) is 7.67. The summed E-state index contributed by atoms with van der Waals surface area (Å²) in [5, 5.41) is 4.39. The molecule has 4 heterocycles. The van der Waals surface area contributed by atoms with Crippen molar-refractivity contribution in [1.29, 1.82) is 0 Å². The molecule has 0 unspecified atom stereocenters. The summed E-state index contributed by atoms with van der Waals surface area (Å²) in [5.41, 5.74) is 5.73. The van der Waals surface area contributed by atoms with Crippen LogP contribution in [0, 0.1) is 0 Å². The summed E-state index contributed by atoms with van der Waals surface area (Å²) < 4.78 is 2.14. The Morgan fingerprint density at radius 3 is 2.68 bits per heavy atom. The monoisotopic (exact) mass is 449 g/mol. The van der Waals surface area contributed by atoms with E-state index in [0.29, 0.717) is 17.7 Å². The Morgan fingerprint density at radius 1 is 1.09 bits per heavy atom. The molecule has 7 heteroatoms. The van der Waals surface area contributed by atoms with Crippen LogP contribution in [0.4, 0.5) is 17.5 Å². The Labute approximate surface area is 198 Å². The fourth-order valence-corrected chi connectivity index (χ4v) is 4.54. The molecule has 1 aliphatic heterocycles. The molecule has 0 radical (unpaired) electrons. The zero-order chi connectivity index (χ0) is 23.1. The molecule has 7 nitrogen and oxygen atoms in total. The number of rotatable bonds is 6. The van der Waals surface area contributed by atoms with Gasteiger partial charge in [-0.1, -0.05) is 24.3 Å². The number of likely N-dealkylation sites (N-methyl/N-ethyl adjacent to an activating group) is 1. The zero-order valence-electron chi connectivity index (χ0n) is 19.3. The molecule has 2 aliphatic rings. The summed E-state index contributed by atoms with van der Waals surface area (Å²) in [6.45, 7) is 5.73. The highest BCUT2D eigenvalue weighted by Crippen LogP contribution is 2.43. The highest BCUT2D eigenvalue weighted by Gasteiger charge is 2.29. The minimum absolute atomic E-state index is 0.536. The molecule has 0 saturated heterocycles. The number of nitrogens with one attached hydrogen (secondary N) is 1. The molecular formula is C27H27N7. The van der Waals surface area contributed by atoms with Crippen molar-refractivity contribution in [1.82, 2.24) is 24.4 Å². The number of nitrogens with zero attached hydrogens (tertiary/aromatic N) is 6. The molecule has 1 aliphatic carbocycles. The van der Waals surface area contributed by atoms with Crippen molar-refractivity contribution in [3.8, 4) is 5.82 Å². The van der Waals surface area contributed by atoms with Crippen molar-refractivity contribution in [3.05, 3.63) is 72.1 Å². The van der Waals surface area contributed by atoms with E-state index < -0.39 is 0 Å². The maximum Gasteiger partial charge on any atom is 0.229 e. The first kappa shape index (κ1) is 20.7. The first-order valence-corrected chi connectivity index (χ1v) is 11.8. The smallest absolute Gasteiger partial charge is 0.229 e. The molecule has 170 valence electrons. The van der Waals surface area contributed by atoms with Gasteiger partial charge in [-0.15, -0.1) is 0 Å². The standard InChI is InChI=1S/C27H27N7/c1-28-24-4-3-5-25(31-24)34-23(20-6-7-20)16-21-17-29-27(32-26(21)34)30-22-10-8-18(9-11-22)19-12-14-33(2)15-13-19/h3-5,8-12,16-17,20H,1,6-7,13-15H2,2H3,(H,29,30,32). The Morgan fingerprint density at radius 2 is 1.94 bits per heavy atom. The van der Waals surface area contributed by atoms with Crippen molar-refractivity contribution in [2.24, 2.45) is 4.99 Å². The highest BCUT2D eigenvalue weighted by atomic mass is 15.2. The van der Waals surface area contributed by atoms with Gasteiger partial charge in [0.1, 0.15) is 5.82 Å². The quantitative estimate of drug-likeness (QED) is 0.394. The number of hydrogen-bond acceptors (Lipinski definition) is 6. The van der Waals surface area contributed by atoms with Crippen LogP contribution in [0.3, 0.4) is 0 Å². The number of aromatic nitrogens is 4. The van der Waals surface area contributed by atoms with Gasteiger partial charge in [-0.3, -0.25) is 4.57 Å². The first-order valence-electron chi connectivity index (χ1n) is 11.8. The van der Waals surface area contributed by atoms with E-state index in [2.05, 4.69) is 79.9 Å². The van der Waals surface area contributed by atoms with Gasteiger partial charge < -0.3 is 10.2 Å². The number of aliphatic imine (C=N–C) groups is 1. The second-order valence-electron chi connectivity index (χ2n) is 9.11. The molecule has 0 atom stereocenters. The lowest BCUT2D eigenvalue weighted by Crippen LogP contribution is -2.23. The van der Waals surface area contributed by atoms with Crippen molar-refractivity contribution >= 4 is 40.8 Å². The van der Waals surface area contributed by atoms with Gasteiger partial charge in [0.2, 0.25) is 5.95 Å². The van der Waals surface area contributed by atoms with Crippen LogP contribution < -0.4 is 5.32 Å². The second-order valence-corrected chi connectivity index (χ2v) is 9.11. The van der Waals surface area contributed by atoms with Gasteiger partial charge in [0.15, 0.2) is 11.5 Å². The van der Waals surface area contributed by atoms with Gasteiger partial charge in [-0.05, 0) is 80.4 Å². The fourth-order valence-electron chi connectivity index (χ4n) is 4.54. The third-order valence-corrected chi connectivity index (χ3v) is 6.60. The average Bonchev–Trinajstić information content (AvgIpc) is 3.65. The van der Waals surface area contributed by atoms with E-state index in [4.69, 9.17) is 4.98 Å². The van der Waals surface area contributed by atoms with Crippen molar-refractivity contribution in [2.45, 2.75) is 25.2 Å². The Bertz CT molecular complexity index is 1400. The van der Waals surface area contributed by atoms with Crippen molar-refractivity contribution in [2.75, 3.05) is 25.5 Å². The summed E-state index contributed by atoms with van der Waals surface area (Å²) in [6, 6.07) is 16.5. The average molecular weight is 450 g/mol. The second kappa shape index (κ2) is 8.50. The molecule has 1 aromatic carbocycles. The van der Waals surface area contributed by atoms with Gasteiger partial charge in [-0.2, -0.15) is 4.98 Å². The predicted octanol–water partition coefficient (Wildman–Crippen LogP) is 5.49. The van der Waals surface area contributed by atoms with Crippen LogP contribution in [-0.4, -0.2) is 51.3 Å². The third-order valence-electron chi connectivity index (χ3n) is 6.60. The van der Waals surface area contributed by atoms with E-state index in [-0.39, 0.29) is 0 Å². The molecule has 6 rings (SSSR count). The number of pyridine rings is 1. The van der Waals surface area contributed by atoms with Crippen LogP contribution >= 0.6 is 0 Å². The van der Waals surface area contributed by atoms with Gasteiger partial charge in [0.25, 0.3) is 0 Å². The lowest BCUT2D eigenvalue weighted by molar-refractivity contribution is 0.370. The number of hydrogen-bond donors (Lipinski definition) is 1. The van der Waals surface area contributed by atoms with E-state index in [1.807, 2.05) is 24.4 Å². The Hall–Kier alpha value is -3.84. The fraction of sp³-hybridized carbons (Fsp3) is 0.259. The van der Waals surface area contributed by atoms with Crippen LogP contribution in [0.5, 0.6) is 0 Å². The maximum atomic E-state index is 4.89. The molecule has 4 aromatic rings. The van der Waals surface area contributed by atoms with E-state index in [9.17, 15) is 0 Å². The lowest BCUT2D eigenvalue weighted by atomic mass is 9.99. The van der Waals surface area contributed by atoms with E-state index in [0.717, 1.165) is 42.0 Å². The number of fused-ring (bicyclic) bond motifs is 1. The maximum absolute atomic E-state index is 4.89. The molecular weight excluding hydrogens is 422 g/mol. The van der Waals surface area contributed by atoms with Crippen LogP contribution in [0.2, 0.25) is 0 Å². The SMILES string of the molecule is C=Nc1cccc(-n2c(C3CC3)cc3cnc(Nc4ccc(C5=CCN(C)CC5)cc4)nc32)n1. The van der Waals surface area contributed by atoms with E-state index in [1.54, 1.807) is 0 Å². The first-order chi connectivity index (χ1) is 16.7. The Kier molecular flexibility index (Phi) is 5.19. The molecule has 3 aromatic heterocycles. The minimum atomic E-state index is 0.536. The predicted molar refractivity (Wildman–Crippen MR) is 138 cm³/mol. The molecule has 0 amide bonds. The van der Waals surface area contributed by atoms with E-state index >= 15 is 0 Å². The topological polar surface area (TPSA) is 71.2 Å². The molecule has 1 fully saturated rings. The molecule has 0 spiro atoms. The van der Waals surface area contributed by atoms with Crippen LogP contribution in [0.1, 0.15) is 36.4 Å². The number of anilines is 2. The minimum Gasteiger partial charge on any atom is -0.324 e. The van der Waals surface area contributed by atoms with Crippen molar-refractivity contribution < 1.29 is 0 Å². The van der Waals surface area contributed by atoms with E-state index in [1.165, 1.54) is 29.7 Å². The third kappa shape index (κ3) is 3.99. The molecule has 1 saturated carbocycles. The van der Waals surface area contributed by atoms with Gasteiger partial charge >= 0.3 is 0 Å². The van der Waals surface area contributed by atoms with Crippen LogP contribution in [0.15, 0.2) is 65.8 Å². The van der Waals surface area contributed by atoms with Crippen LogP contribution in [0.25, 0.3) is 22.4 Å². The van der Waals surface area contributed by atoms with Gasteiger partial charge in [0.05, 0.1) is 0 Å². The zero-order valence-corrected chi connectivity index (χ0v) is 19.3. The lowest BCUT2D eigenvalue weighted by Gasteiger charge is -2.22. The molecule has 0 bridgehead atoms. The summed E-state index contributed by atoms with van der Waals surface area (Å²) in [7, 11) is 2.16. The number of benzene rings is 1.